The van der Waals surface area contributed by atoms with Crippen molar-refractivity contribution in [3.8, 4) is 11.5 Å². The van der Waals surface area contributed by atoms with Gasteiger partial charge in [-0.05, 0) is 63.2 Å². The molecule has 0 spiro atoms. The minimum atomic E-state index is -0.356. The molecule has 0 atom stereocenters. The number of hydrogen-bond acceptors (Lipinski definition) is 9. The summed E-state index contributed by atoms with van der Waals surface area (Å²) in [5, 5.41) is 1.51. The number of rotatable bonds is 9. The Hall–Kier alpha value is -3.80. The van der Waals surface area contributed by atoms with E-state index in [-0.39, 0.29) is 23.3 Å². The highest BCUT2D eigenvalue weighted by atomic mass is 32.1. The number of piperazine rings is 1. The van der Waals surface area contributed by atoms with Gasteiger partial charge in [-0.25, -0.2) is 4.98 Å². The van der Waals surface area contributed by atoms with Crippen LogP contribution in [0.15, 0.2) is 54.6 Å². The lowest BCUT2D eigenvalue weighted by molar-refractivity contribution is -0.127. The number of aromatic nitrogens is 1. The summed E-state index contributed by atoms with van der Waals surface area (Å²) in [5.74, 6) is -0.255. The molecule has 5 rings (SSSR count). The van der Waals surface area contributed by atoms with Gasteiger partial charge in [0, 0.05) is 63.9 Å². The van der Waals surface area contributed by atoms with Crippen LogP contribution in [0.2, 0.25) is 0 Å². The van der Waals surface area contributed by atoms with Crippen LogP contribution in [0, 0.1) is 0 Å². The SMILES string of the molecule is CCOc1cc(C(=O)/C=C/C(=O)N2CCC(N3CCN(C)CC3)CC2)ccc1ON(C(C)=O)c1nc2ccccc2s1. The molecular weight excluding hydrogens is 554 g/mol. The van der Waals surface area contributed by atoms with Crippen LogP contribution in [0.5, 0.6) is 11.5 Å². The zero-order chi connectivity index (χ0) is 29.6. The van der Waals surface area contributed by atoms with E-state index in [9.17, 15) is 14.4 Å². The van der Waals surface area contributed by atoms with Gasteiger partial charge in [0.2, 0.25) is 11.0 Å². The second kappa shape index (κ2) is 13.5. The molecule has 42 heavy (non-hydrogen) atoms. The number of anilines is 1. The lowest BCUT2D eigenvalue weighted by Crippen LogP contribution is -2.52. The van der Waals surface area contributed by atoms with Crippen LogP contribution in [-0.4, -0.2) is 96.2 Å². The molecule has 2 fully saturated rings. The van der Waals surface area contributed by atoms with Crippen molar-refractivity contribution in [2.24, 2.45) is 0 Å². The first kappa shape index (κ1) is 29.7. The number of likely N-dealkylation sites (N-methyl/N-ethyl adjacent to an activating group) is 1. The quantitative estimate of drug-likeness (QED) is 0.209. The van der Waals surface area contributed by atoms with E-state index in [1.165, 1.54) is 30.4 Å². The third-order valence-electron chi connectivity index (χ3n) is 7.67. The average Bonchev–Trinajstić information content (AvgIpc) is 3.43. The Morgan fingerprint density at radius 1 is 1.00 bits per heavy atom. The lowest BCUT2D eigenvalue weighted by atomic mass is 10.0. The Bertz CT molecular complexity index is 1420. The summed E-state index contributed by atoms with van der Waals surface area (Å²) in [6.45, 7) is 9.24. The normalized spacial score (nSPS) is 17.1. The third-order valence-corrected chi connectivity index (χ3v) is 8.67. The van der Waals surface area contributed by atoms with Gasteiger partial charge >= 0.3 is 0 Å². The predicted octanol–water partition coefficient (Wildman–Crippen LogP) is 4.02. The van der Waals surface area contributed by atoms with Crippen LogP contribution in [0.4, 0.5) is 5.13 Å². The molecule has 0 unspecified atom stereocenters. The number of carbonyl (C=O) groups excluding carboxylic acids is 3. The van der Waals surface area contributed by atoms with Crippen molar-refractivity contribution in [2.75, 3.05) is 58.0 Å². The molecule has 0 N–H and O–H groups in total. The van der Waals surface area contributed by atoms with Gasteiger partial charge in [-0.15, -0.1) is 5.06 Å². The van der Waals surface area contributed by atoms with Crippen molar-refractivity contribution in [3.63, 3.8) is 0 Å². The molecule has 2 aliphatic rings. The lowest BCUT2D eigenvalue weighted by Gasteiger charge is -2.41. The van der Waals surface area contributed by atoms with E-state index in [0.717, 1.165) is 54.3 Å². The molecule has 2 aromatic carbocycles. The van der Waals surface area contributed by atoms with Gasteiger partial charge in [0.25, 0.3) is 5.91 Å². The fourth-order valence-electron chi connectivity index (χ4n) is 5.28. The fraction of sp³-hybridized carbons (Fsp3) is 0.419. The van der Waals surface area contributed by atoms with Gasteiger partial charge in [0.15, 0.2) is 17.3 Å². The third kappa shape index (κ3) is 6.97. The summed E-state index contributed by atoms with van der Waals surface area (Å²) < 4.78 is 6.68. The summed E-state index contributed by atoms with van der Waals surface area (Å²) in [7, 11) is 2.15. The molecule has 1 aromatic heterocycles. The Morgan fingerprint density at radius 3 is 2.43 bits per heavy atom. The van der Waals surface area contributed by atoms with E-state index in [4.69, 9.17) is 9.57 Å². The maximum atomic E-state index is 13.0. The molecule has 0 bridgehead atoms. The molecule has 3 aromatic rings. The number of likely N-dealkylation sites (tertiary alicyclic amines) is 1. The topological polar surface area (TPSA) is 95.5 Å². The fourth-order valence-corrected chi connectivity index (χ4v) is 6.23. The van der Waals surface area contributed by atoms with Gasteiger partial charge in [0.05, 0.1) is 16.8 Å². The Kier molecular flexibility index (Phi) is 9.51. The first-order valence-corrected chi connectivity index (χ1v) is 15.2. The number of nitrogens with zero attached hydrogens (tertiary/aromatic N) is 5. The van der Waals surface area contributed by atoms with Crippen LogP contribution in [0.1, 0.15) is 37.0 Å². The van der Waals surface area contributed by atoms with E-state index >= 15 is 0 Å². The molecule has 0 aliphatic carbocycles. The van der Waals surface area contributed by atoms with Gasteiger partial charge < -0.3 is 19.4 Å². The number of carbonyl (C=O) groups is 3. The second-order valence-corrected chi connectivity index (χ2v) is 11.6. The number of hydroxylamine groups is 1. The van der Waals surface area contributed by atoms with Crippen molar-refractivity contribution in [2.45, 2.75) is 32.7 Å². The highest BCUT2D eigenvalue weighted by molar-refractivity contribution is 7.22. The maximum Gasteiger partial charge on any atom is 0.259 e. The number of thiazole rings is 1. The molecule has 0 saturated carbocycles. The second-order valence-electron chi connectivity index (χ2n) is 10.6. The van der Waals surface area contributed by atoms with Gasteiger partial charge in [-0.2, -0.15) is 0 Å². The number of ether oxygens (including phenoxy) is 1. The predicted molar refractivity (Wildman–Crippen MR) is 163 cm³/mol. The molecular formula is C31H37N5O5S. The first-order valence-electron chi connectivity index (χ1n) is 14.4. The first-order chi connectivity index (χ1) is 20.3. The number of piperidine rings is 1. The Balaban J connectivity index is 1.22. The molecule has 2 amide bonds. The van der Waals surface area contributed by atoms with Crippen LogP contribution >= 0.6 is 11.3 Å². The molecule has 10 nitrogen and oxygen atoms in total. The summed E-state index contributed by atoms with van der Waals surface area (Å²) in [6, 6.07) is 12.8. The van der Waals surface area contributed by atoms with Gasteiger partial charge in [0.1, 0.15) is 0 Å². The molecule has 2 saturated heterocycles. The largest absolute Gasteiger partial charge is 0.490 e. The monoisotopic (exact) mass is 591 g/mol. The van der Waals surface area contributed by atoms with Crippen LogP contribution < -0.4 is 14.6 Å². The van der Waals surface area contributed by atoms with Crippen LogP contribution in [0.3, 0.4) is 0 Å². The van der Waals surface area contributed by atoms with E-state index < -0.39 is 0 Å². The number of amides is 2. The number of allylic oxidation sites excluding steroid dienone is 1. The molecule has 222 valence electrons. The van der Waals surface area contributed by atoms with Gasteiger partial charge in [-0.3, -0.25) is 19.3 Å². The van der Waals surface area contributed by atoms with Crippen molar-refractivity contribution in [1.29, 1.82) is 0 Å². The smallest absolute Gasteiger partial charge is 0.259 e. The number of para-hydroxylation sites is 1. The summed E-state index contributed by atoms with van der Waals surface area (Å²) in [4.78, 5) is 55.5. The Morgan fingerprint density at radius 2 is 1.74 bits per heavy atom. The maximum absolute atomic E-state index is 13.0. The molecule has 11 heteroatoms. The van der Waals surface area contributed by atoms with E-state index in [0.29, 0.717) is 42.2 Å². The zero-order valence-electron chi connectivity index (χ0n) is 24.3. The van der Waals surface area contributed by atoms with Crippen LogP contribution in [-0.2, 0) is 9.59 Å². The van der Waals surface area contributed by atoms with E-state index in [1.807, 2.05) is 36.1 Å². The molecule has 2 aliphatic heterocycles. The standard InChI is InChI=1S/C31H37N5O5S/c1-4-40-28-21-23(9-11-27(28)41-36(22(2)37)31-32-25-7-5-6-8-29(25)42-31)26(38)10-12-30(39)35-15-13-24(14-16-35)34-19-17-33(3)18-20-34/h5-12,21,24H,4,13-20H2,1-3H3/b12-10+. The van der Waals surface area contributed by atoms with E-state index in [2.05, 4.69) is 21.8 Å². The summed E-state index contributed by atoms with van der Waals surface area (Å²) in [5.41, 5.74) is 1.11. The number of benzene rings is 2. The summed E-state index contributed by atoms with van der Waals surface area (Å²) >= 11 is 1.33. The summed E-state index contributed by atoms with van der Waals surface area (Å²) in [6.07, 6.45) is 4.56. The molecule has 3 heterocycles. The minimum absolute atomic E-state index is 0.155. The highest BCUT2D eigenvalue weighted by Crippen LogP contribution is 2.34. The van der Waals surface area contributed by atoms with Crippen molar-refractivity contribution in [3.05, 3.63) is 60.2 Å². The van der Waals surface area contributed by atoms with Crippen molar-refractivity contribution in [1.82, 2.24) is 19.7 Å². The van der Waals surface area contributed by atoms with E-state index in [1.54, 1.807) is 18.2 Å². The molecule has 0 radical (unpaired) electrons. The van der Waals surface area contributed by atoms with Crippen molar-refractivity contribution >= 4 is 44.3 Å². The minimum Gasteiger partial charge on any atom is -0.490 e. The van der Waals surface area contributed by atoms with Crippen LogP contribution in [0.25, 0.3) is 10.2 Å². The zero-order valence-corrected chi connectivity index (χ0v) is 25.1. The highest BCUT2D eigenvalue weighted by Gasteiger charge is 2.28. The average molecular weight is 592 g/mol. The number of ketones is 1. The number of hydrogen-bond donors (Lipinski definition) is 0. The van der Waals surface area contributed by atoms with Gasteiger partial charge in [-0.1, -0.05) is 23.5 Å². The Labute approximate surface area is 250 Å². The number of fused-ring (bicyclic) bond motifs is 1. The van der Waals surface area contributed by atoms with Crippen molar-refractivity contribution < 1.29 is 24.0 Å².